The first kappa shape index (κ1) is 24.2. The van der Waals surface area contributed by atoms with E-state index < -0.39 is 0 Å². The third-order valence-electron chi connectivity index (χ3n) is 9.37. The molecule has 0 saturated carbocycles. The number of pyridine rings is 1. The number of allylic oxidation sites excluding steroid dienone is 6. The molecule has 3 aromatic carbocycles. The van der Waals surface area contributed by atoms with Crippen molar-refractivity contribution in [1.82, 2.24) is 8.97 Å². The van der Waals surface area contributed by atoms with Crippen LogP contribution in [0.5, 0.6) is 0 Å². The molecule has 0 aliphatic heterocycles. The second kappa shape index (κ2) is 8.68. The molecule has 0 fully saturated rings. The third-order valence-corrected chi connectivity index (χ3v) is 9.37. The smallest absolute Gasteiger partial charge is 0.263 e. The zero-order valence-electron chi connectivity index (χ0n) is 23.7. The summed E-state index contributed by atoms with van der Waals surface area (Å²) in [6.45, 7) is 6.40. The molecular formula is C38H32N2O. The third kappa shape index (κ3) is 3.29. The summed E-state index contributed by atoms with van der Waals surface area (Å²) in [5.74, 6) is 0. The van der Waals surface area contributed by atoms with Gasteiger partial charge in [0.25, 0.3) is 5.56 Å². The molecule has 1 unspecified atom stereocenters. The molecule has 3 heterocycles. The monoisotopic (exact) mass is 532 g/mol. The highest BCUT2D eigenvalue weighted by Crippen LogP contribution is 2.42. The van der Waals surface area contributed by atoms with Crippen LogP contribution in [0.2, 0.25) is 0 Å². The van der Waals surface area contributed by atoms with Crippen molar-refractivity contribution in [3.05, 3.63) is 124 Å². The highest BCUT2D eigenvalue weighted by atomic mass is 16.1. The second-order valence-corrected chi connectivity index (χ2v) is 11.8. The first-order chi connectivity index (χ1) is 20.0. The number of aromatic nitrogens is 2. The number of fused-ring (bicyclic) bond motifs is 6. The van der Waals surface area contributed by atoms with E-state index in [0.717, 1.165) is 57.6 Å². The Kier molecular flexibility index (Phi) is 5.12. The van der Waals surface area contributed by atoms with Crippen LogP contribution in [0.25, 0.3) is 61.4 Å². The summed E-state index contributed by atoms with van der Waals surface area (Å²) in [5.41, 5.74) is 10.2. The average Bonchev–Trinajstić information content (AvgIpc) is 3.52. The minimum Gasteiger partial charge on any atom is -0.331 e. The molecule has 0 radical (unpaired) electrons. The van der Waals surface area contributed by atoms with Gasteiger partial charge in [-0.1, -0.05) is 66.8 Å². The summed E-state index contributed by atoms with van der Waals surface area (Å²) in [5, 5.41) is 4.73. The maximum absolute atomic E-state index is 13.7. The molecule has 0 saturated heterocycles. The van der Waals surface area contributed by atoms with Crippen LogP contribution < -0.4 is 5.56 Å². The van der Waals surface area contributed by atoms with Crippen molar-refractivity contribution < 1.29 is 0 Å². The van der Waals surface area contributed by atoms with Gasteiger partial charge in [0, 0.05) is 38.3 Å². The largest absolute Gasteiger partial charge is 0.331 e. The van der Waals surface area contributed by atoms with Crippen molar-refractivity contribution in [3.8, 4) is 11.1 Å². The fourth-order valence-corrected chi connectivity index (χ4v) is 7.40. The quantitative estimate of drug-likeness (QED) is 0.223. The summed E-state index contributed by atoms with van der Waals surface area (Å²) in [6, 6.07) is 19.9. The molecule has 8 rings (SSSR count). The van der Waals surface area contributed by atoms with E-state index in [1.165, 1.54) is 33.3 Å². The van der Waals surface area contributed by atoms with E-state index in [2.05, 4.69) is 103 Å². The van der Waals surface area contributed by atoms with Crippen molar-refractivity contribution in [2.45, 2.75) is 45.6 Å². The Morgan fingerprint density at radius 1 is 0.878 bits per heavy atom. The van der Waals surface area contributed by atoms with Gasteiger partial charge in [-0.2, -0.15) is 0 Å². The molecule has 3 nitrogen and oxygen atoms in total. The molecular weight excluding hydrogens is 500 g/mol. The first-order valence-electron chi connectivity index (χ1n) is 14.6. The van der Waals surface area contributed by atoms with Crippen LogP contribution in [0, 0.1) is 6.92 Å². The lowest BCUT2D eigenvalue weighted by Gasteiger charge is -2.32. The zero-order valence-corrected chi connectivity index (χ0v) is 23.7. The van der Waals surface area contributed by atoms with Gasteiger partial charge in [-0.25, -0.2) is 0 Å². The fourth-order valence-electron chi connectivity index (χ4n) is 7.40. The Hall–Kier alpha value is -4.63. The molecule has 2 aliphatic rings. The highest BCUT2D eigenvalue weighted by Gasteiger charge is 2.30. The summed E-state index contributed by atoms with van der Waals surface area (Å²) in [7, 11) is 0. The van der Waals surface area contributed by atoms with Crippen molar-refractivity contribution in [2.24, 2.45) is 0 Å². The fraction of sp³-hybridized carbons (Fsp3) is 0.184. The molecule has 0 amide bonds. The molecule has 1 atom stereocenters. The van der Waals surface area contributed by atoms with E-state index in [9.17, 15) is 4.79 Å². The van der Waals surface area contributed by atoms with E-state index in [1.54, 1.807) is 0 Å². The molecule has 0 N–H and O–H groups in total. The van der Waals surface area contributed by atoms with Crippen LogP contribution >= 0.6 is 0 Å². The minimum absolute atomic E-state index is 0.0506. The lowest BCUT2D eigenvalue weighted by Crippen LogP contribution is -2.29. The summed E-state index contributed by atoms with van der Waals surface area (Å²) in [4.78, 5) is 13.7. The number of benzene rings is 3. The number of hydrogen-bond acceptors (Lipinski definition) is 1. The summed E-state index contributed by atoms with van der Waals surface area (Å²) < 4.78 is 4.48. The van der Waals surface area contributed by atoms with Crippen LogP contribution in [0.4, 0.5) is 0 Å². The van der Waals surface area contributed by atoms with Gasteiger partial charge in [0.15, 0.2) is 0 Å². The normalized spacial score (nSPS) is 18.6. The molecule has 3 aromatic heterocycles. The van der Waals surface area contributed by atoms with Crippen LogP contribution in [0.1, 0.15) is 49.1 Å². The van der Waals surface area contributed by atoms with Gasteiger partial charge >= 0.3 is 0 Å². The summed E-state index contributed by atoms with van der Waals surface area (Å²) in [6.07, 6.45) is 20.6. The number of aryl methyl sites for hydroxylation is 2. The molecule has 200 valence electrons. The van der Waals surface area contributed by atoms with Crippen molar-refractivity contribution in [1.29, 1.82) is 0 Å². The number of hydrogen-bond donors (Lipinski definition) is 0. The van der Waals surface area contributed by atoms with E-state index >= 15 is 0 Å². The Morgan fingerprint density at radius 2 is 1.71 bits per heavy atom. The van der Waals surface area contributed by atoms with Gasteiger partial charge in [0.2, 0.25) is 0 Å². The second-order valence-electron chi connectivity index (χ2n) is 11.8. The van der Waals surface area contributed by atoms with Gasteiger partial charge in [-0.3, -0.25) is 9.20 Å². The summed E-state index contributed by atoms with van der Waals surface area (Å²) >= 11 is 0. The molecule has 0 spiro atoms. The minimum atomic E-state index is -0.0909. The first-order valence-corrected chi connectivity index (χ1v) is 14.6. The van der Waals surface area contributed by atoms with Gasteiger partial charge in [0.1, 0.15) is 0 Å². The van der Waals surface area contributed by atoms with E-state index in [0.29, 0.717) is 0 Å². The maximum Gasteiger partial charge on any atom is 0.263 e. The van der Waals surface area contributed by atoms with E-state index in [-0.39, 0.29) is 11.1 Å². The van der Waals surface area contributed by atoms with Crippen molar-refractivity contribution in [2.75, 3.05) is 0 Å². The Labute approximate surface area is 239 Å². The molecule has 41 heavy (non-hydrogen) atoms. The SMILES string of the molecule is C/C=C\c1c(C)c2cc(-c3ccc4c(c3)c3c(n4C4(C)C=CC=CC4)C=CCC3)cc3c4ccccc4n(c1=O)c23. The molecule has 2 aliphatic carbocycles. The van der Waals surface area contributed by atoms with Gasteiger partial charge in [-0.05, 0) is 98.7 Å². The average molecular weight is 533 g/mol. The number of para-hydroxylation sites is 1. The van der Waals surface area contributed by atoms with Gasteiger partial charge in [-0.15, -0.1) is 0 Å². The predicted octanol–water partition coefficient (Wildman–Crippen LogP) is 9.20. The van der Waals surface area contributed by atoms with Crippen LogP contribution in [-0.2, 0) is 12.0 Å². The van der Waals surface area contributed by atoms with Gasteiger partial charge in [0.05, 0.1) is 16.6 Å². The molecule has 3 heteroatoms. The highest BCUT2D eigenvalue weighted by molar-refractivity contribution is 6.16. The maximum atomic E-state index is 13.7. The Bertz CT molecular complexity index is 2230. The predicted molar refractivity (Wildman–Crippen MR) is 174 cm³/mol. The van der Waals surface area contributed by atoms with Crippen molar-refractivity contribution >= 4 is 50.2 Å². The van der Waals surface area contributed by atoms with Crippen LogP contribution in [0.3, 0.4) is 0 Å². The molecule has 0 bridgehead atoms. The standard InChI is InChI=1S/C38H32N2O/c1-4-12-27-24(2)30-22-26(23-32-29-14-6-8-15-33(29)39(36(30)32)37(27)41)25-17-18-35-31(21-25)28-13-7-9-16-34(28)40(35)38(3)19-10-5-11-20-38/h4-6,8-12,14-19,21-23H,7,13,20H2,1-3H3/b12-4-. The lowest BCUT2D eigenvalue weighted by atomic mass is 9.92. The van der Waals surface area contributed by atoms with Crippen LogP contribution in [0.15, 0.2) is 95.8 Å². The Balaban J connectivity index is 1.43. The lowest BCUT2D eigenvalue weighted by molar-refractivity contribution is 0.421. The zero-order chi connectivity index (χ0) is 27.9. The number of rotatable bonds is 3. The van der Waals surface area contributed by atoms with Crippen molar-refractivity contribution in [3.63, 3.8) is 0 Å². The Morgan fingerprint density at radius 3 is 2.54 bits per heavy atom. The van der Waals surface area contributed by atoms with E-state index in [1.807, 2.05) is 29.5 Å². The topological polar surface area (TPSA) is 26.4 Å². The molecule has 6 aromatic rings. The number of nitrogens with zero attached hydrogens (tertiary/aromatic N) is 2. The van der Waals surface area contributed by atoms with E-state index in [4.69, 9.17) is 0 Å². The van der Waals surface area contributed by atoms with Gasteiger partial charge < -0.3 is 4.57 Å². The van der Waals surface area contributed by atoms with Crippen LogP contribution in [-0.4, -0.2) is 8.97 Å².